The lowest BCUT2D eigenvalue weighted by Crippen LogP contribution is -2.21. The molecule has 0 unspecified atom stereocenters. The maximum atomic E-state index is 12.9. The first-order chi connectivity index (χ1) is 9.47. The Kier molecular flexibility index (Phi) is 3.89. The number of anilines is 3. The third kappa shape index (κ3) is 3.06. The van der Waals surface area contributed by atoms with Crippen molar-refractivity contribution in [2.24, 2.45) is 0 Å². The van der Waals surface area contributed by atoms with Crippen LogP contribution in [0.3, 0.4) is 0 Å². The highest BCUT2D eigenvalue weighted by molar-refractivity contribution is 5.96. The maximum Gasteiger partial charge on any atom is 0.253 e. The lowest BCUT2D eigenvalue weighted by Gasteiger charge is -2.14. The van der Waals surface area contributed by atoms with E-state index in [-0.39, 0.29) is 11.7 Å². The smallest absolute Gasteiger partial charge is 0.253 e. The number of halogens is 1. The summed E-state index contributed by atoms with van der Waals surface area (Å²) < 4.78 is 12.9. The van der Waals surface area contributed by atoms with Crippen molar-refractivity contribution in [3.8, 4) is 0 Å². The van der Waals surface area contributed by atoms with Crippen molar-refractivity contribution >= 4 is 23.0 Å². The summed E-state index contributed by atoms with van der Waals surface area (Å²) >= 11 is 0. The van der Waals surface area contributed by atoms with Gasteiger partial charge in [0, 0.05) is 25.3 Å². The molecule has 2 aromatic rings. The van der Waals surface area contributed by atoms with E-state index < -0.39 is 0 Å². The summed E-state index contributed by atoms with van der Waals surface area (Å²) in [5, 5.41) is 3.07. The average Bonchev–Trinajstić information content (AvgIpc) is 2.43. The van der Waals surface area contributed by atoms with Crippen molar-refractivity contribution < 1.29 is 9.18 Å². The maximum absolute atomic E-state index is 12.9. The Morgan fingerprint density at radius 1 is 1.15 bits per heavy atom. The Hall–Kier alpha value is -2.56. The largest absolute Gasteiger partial charge is 0.397 e. The van der Waals surface area contributed by atoms with Gasteiger partial charge in [-0.3, -0.25) is 4.79 Å². The van der Waals surface area contributed by atoms with Gasteiger partial charge in [-0.1, -0.05) is 0 Å². The Bertz CT molecular complexity index is 624. The molecule has 0 fully saturated rings. The van der Waals surface area contributed by atoms with Crippen LogP contribution in [-0.4, -0.2) is 24.9 Å². The minimum atomic E-state index is -0.306. The number of hydrogen-bond acceptors (Lipinski definition) is 3. The fourth-order valence-electron chi connectivity index (χ4n) is 1.74. The lowest BCUT2D eigenvalue weighted by molar-refractivity contribution is 0.0827. The van der Waals surface area contributed by atoms with Gasteiger partial charge in [-0.05, 0) is 42.5 Å². The van der Waals surface area contributed by atoms with Gasteiger partial charge in [-0.2, -0.15) is 0 Å². The third-order valence-electron chi connectivity index (χ3n) is 2.83. The molecule has 20 heavy (non-hydrogen) atoms. The molecule has 0 heterocycles. The zero-order valence-electron chi connectivity index (χ0n) is 11.4. The Labute approximate surface area is 117 Å². The number of amides is 1. The lowest BCUT2D eigenvalue weighted by atomic mass is 10.1. The molecule has 2 rings (SSSR count). The van der Waals surface area contributed by atoms with Crippen LogP contribution in [0.2, 0.25) is 0 Å². The van der Waals surface area contributed by atoms with E-state index in [1.165, 1.54) is 17.0 Å². The number of nitrogens with zero attached hydrogens (tertiary/aromatic N) is 1. The molecule has 0 saturated heterocycles. The first-order valence-electron chi connectivity index (χ1n) is 6.11. The van der Waals surface area contributed by atoms with Gasteiger partial charge in [0.15, 0.2) is 0 Å². The molecule has 1 amide bonds. The van der Waals surface area contributed by atoms with Crippen LogP contribution in [-0.2, 0) is 0 Å². The third-order valence-corrected chi connectivity index (χ3v) is 2.83. The zero-order chi connectivity index (χ0) is 14.7. The van der Waals surface area contributed by atoms with E-state index in [9.17, 15) is 9.18 Å². The highest BCUT2D eigenvalue weighted by atomic mass is 19.1. The van der Waals surface area contributed by atoms with Crippen LogP contribution in [0.15, 0.2) is 42.5 Å². The Balaban J connectivity index is 2.29. The number of rotatable bonds is 3. The number of carbonyl (C=O) groups excluding carboxylic acids is 1. The summed E-state index contributed by atoms with van der Waals surface area (Å²) in [5.74, 6) is -0.410. The van der Waals surface area contributed by atoms with E-state index >= 15 is 0 Å². The molecule has 0 bridgehead atoms. The van der Waals surface area contributed by atoms with Crippen molar-refractivity contribution in [2.45, 2.75) is 0 Å². The summed E-state index contributed by atoms with van der Waals surface area (Å²) in [7, 11) is 3.37. The second-order valence-electron chi connectivity index (χ2n) is 4.63. The van der Waals surface area contributed by atoms with Crippen LogP contribution >= 0.6 is 0 Å². The van der Waals surface area contributed by atoms with E-state index in [4.69, 9.17) is 5.73 Å². The molecule has 104 valence electrons. The molecule has 0 radical (unpaired) electrons. The molecule has 2 aromatic carbocycles. The second-order valence-corrected chi connectivity index (χ2v) is 4.63. The van der Waals surface area contributed by atoms with Crippen LogP contribution in [0.4, 0.5) is 21.5 Å². The standard InChI is InChI=1S/C15H16FN3O/c1-19(2)15(20)10-3-8-13(17)14(9-10)18-12-6-4-11(16)5-7-12/h3-9,18H,17H2,1-2H3. The predicted octanol–water partition coefficient (Wildman–Crippen LogP) is 2.85. The fourth-order valence-corrected chi connectivity index (χ4v) is 1.74. The van der Waals surface area contributed by atoms with Crippen LogP contribution in [0, 0.1) is 5.82 Å². The summed E-state index contributed by atoms with van der Waals surface area (Å²) in [5.41, 5.74) is 8.25. The van der Waals surface area contributed by atoms with Gasteiger partial charge in [0.2, 0.25) is 0 Å². The van der Waals surface area contributed by atoms with E-state index in [0.717, 1.165) is 0 Å². The normalized spacial score (nSPS) is 10.2. The number of nitrogen functional groups attached to an aromatic ring is 1. The highest BCUT2D eigenvalue weighted by Crippen LogP contribution is 2.25. The molecule has 3 N–H and O–H groups in total. The average molecular weight is 273 g/mol. The minimum Gasteiger partial charge on any atom is -0.397 e. The number of nitrogens with one attached hydrogen (secondary N) is 1. The molecule has 0 saturated carbocycles. The Morgan fingerprint density at radius 2 is 1.80 bits per heavy atom. The molecule has 0 aliphatic carbocycles. The predicted molar refractivity (Wildman–Crippen MR) is 78.6 cm³/mol. The first kappa shape index (κ1) is 13.9. The number of hydrogen-bond donors (Lipinski definition) is 2. The van der Waals surface area contributed by atoms with Gasteiger partial charge in [0.05, 0.1) is 11.4 Å². The van der Waals surface area contributed by atoms with Gasteiger partial charge in [-0.15, -0.1) is 0 Å². The van der Waals surface area contributed by atoms with Crippen molar-refractivity contribution in [3.63, 3.8) is 0 Å². The van der Waals surface area contributed by atoms with E-state index in [1.54, 1.807) is 44.4 Å². The van der Waals surface area contributed by atoms with Gasteiger partial charge < -0.3 is 16.0 Å². The number of carbonyl (C=O) groups is 1. The quantitative estimate of drug-likeness (QED) is 0.845. The summed E-state index contributed by atoms with van der Waals surface area (Å²) in [6, 6.07) is 10.9. The minimum absolute atomic E-state index is 0.104. The van der Waals surface area contributed by atoms with Crippen LogP contribution in [0.5, 0.6) is 0 Å². The molecule has 4 nitrogen and oxygen atoms in total. The van der Waals surface area contributed by atoms with Crippen molar-refractivity contribution in [3.05, 3.63) is 53.8 Å². The second kappa shape index (κ2) is 5.61. The van der Waals surface area contributed by atoms with E-state index in [1.807, 2.05) is 0 Å². The molecule has 0 aliphatic heterocycles. The molecule has 0 aromatic heterocycles. The monoisotopic (exact) mass is 273 g/mol. The molecule has 0 spiro atoms. The van der Waals surface area contributed by atoms with E-state index in [0.29, 0.717) is 22.6 Å². The van der Waals surface area contributed by atoms with Crippen molar-refractivity contribution in [2.75, 3.05) is 25.1 Å². The van der Waals surface area contributed by atoms with Crippen LogP contribution < -0.4 is 11.1 Å². The molecule has 0 aliphatic rings. The topological polar surface area (TPSA) is 58.4 Å². The molecular weight excluding hydrogens is 257 g/mol. The first-order valence-corrected chi connectivity index (χ1v) is 6.11. The van der Waals surface area contributed by atoms with E-state index in [2.05, 4.69) is 5.32 Å². The number of nitrogens with two attached hydrogens (primary N) is 1. The van der Waals surface area contributed by atoms with Gasteiger partial charge in [0.1, 0.15) is 5.82 Å². The van der Waals surface area contributed by atoms with Gasteiger partial charge in [0.25, 0.3) is 5.91 Å². The van der Waals surface area contributed by atoms with Gasteiger partial charge in [-0.25, -0.2) is 4.39 Å². The highest BCUT2D eigenvalue weighted by Gasteiger charge is 2.10. The molecular formula is C15H16FN3O. The Morgan fingerprint density at radius 3 is 2.40 bits per heavy atom. The zero-order valence-corrected chi connectivity index (χ0v) is 11.4. The summed E-state index contributed by atoms with van der Waals surface area (Å²) in [6.07, 6.45) is 0. The van der Waals surface area contributed by atoms with Crippen LogP contribution in [0.25, 0.3) is 0 Å². The van der Waals surface area contributed by atoms with Crippen molar-refractivity contribution in [1.29, 1.82) is 0 Å². The van der Waals surface area contributed by atoms with Gasteiger partial charge >= 0.3 is 0 Å². The van der Waals surface area contributed by atoms with Crippen LogP contribution in [0.1, 0.15) is 10.4 Å². The summed E-state index contributed by atoms with van der Waals surface area (Å²) in [4.78, 5) is 13.4. The molecule has 0 atom stereocenters. The van der Waals surface area contributed by atoms with Crippen molar-refractivity contribution in [1.82, 2.24) is 4.90 Å². The SMILES string of the molecule is CN(C)C(=O)c1ccc(N)c(Nc2ccc(F)cc2)c1. The molecule has 5 heteroatoms. The fraction of sp³-hybridized carbons (Fsp3) is 0.133. The number of benzene rings is 2. The summed E-state index contributed by atoms with van der Waals surface area (Å²) in [6.45, 7) is 0.